The lowest BCUT2D eigenvalue weighted by atomic mass is 10.1. The average Bonchev–Trinajstić information content (AvgIpc) is 3.03. The molecule has 0 saturated carbocycles. The second kappa shape index (κ2) is 6.15. The lowest BCUT2D eigenvalue weighted by molar-refractivity contribution is 0.414. The molecule has 0 amide bonds. The van der Waals surface area contributed by atoms with Crippen LogP contribution in [0.1, 0.15) is 5.56 Å². The van der Waals surface area contributed by atoms with Crippen molar-refractivity contribution in [3.63, 3.8) is 0 Å². The molecular weight excluding hydrogens is 305 g/mol. The van der Waals surface area contributed by atoms with E-state index in [1.165, 1.54) is 12.1 Å². The molecule has 3 aromatic rings. The van der Waals surface area contributed by atoms with Crippen LogP contribution in [0.15, 0.2) is 48.9 Å². The fourth-order valence-electron chi connectivity index (χ4n) is 2.17. The third-order valence-corrected chi connectivity index (χ3v) is 3.52. The minimum Gasteiger partial charge on any atom is -0.494 e. The van der Waals surface area contributed by atoms with Gasteiger partial charge in [0.25, 0.3) is 0 Å². The van der Waals surface area contributed by atoms with Crippen LogP contribution >= 0.6 is 11.6 Å². The summed E-state index contributed by atoms with van der Waals surface area (Å²) in [6.45, 7) is 0.598. The van der Waals surface area contributed by atoms with Gasteiger partial charge in [0.05, 0.1) is 18.7 Å². The first kappa shape index (κ1) is 14.5. The lowest BCUT2D eigenvalue weighted by Crippen LogP contribution is -2.02. The lowest BCUT2D eigenvalue weighted by Gasteiger charge is -2.10. The number of ether oxygens (including phenoxy) is 1. The van der Waals surface area contributed by atoms with E-state index >= 15 is 0 Å². The number of benzene rings is 1. The number of hydrogen-bond donors (Lipinski definition) is 0. The zero-order valence-corrected chi connectivity index (χ0v) is 12.6. The third kappa shape index (κ3) is 2.94. The van der Waals surface area contributed by atoms with Crippen LogP contribution < -0.4 is 4.74 Å². The van der Waals surface area contributed by atoms with Crippen LogP contribution in [-0.4, -0.2) is 21.9 Å². The smallest absolute Gasteiger partial charge is 0.145 e. The van der Waals surface area contributed by atoms with Gasteiger partial charge in [0.1, 0.15) is 17.3 Å². The summed E-state index contributed by atoms with van der Waals surface area (Å²) in [5, 5.41) is 4.22. The zero-order chi connectivity index (χ0) is 15.5. The SMILES string of the molecule is COc1cc(Cn2cccn2)cnc1-c1ccc(F)c(Cl)c1. The Hall–Kier alpha value is -2.40. The molecule has 0 aliphatic rings. The summed E-state index contributed by atoms with van der Waals surface area (Å²) in [6, 6.07) is 8.23. The monoisotopic (exact) mass is 317 g/mol. The van der Waals surface area contributed by atoms with Crippen LogP contribution in [0.3, 0.4) is 0 Å². The number of rotatable bonds is 4. The predicted octanol–water partition coefficient (Wildman–Crippen LogP) is 3.79. The molecule has 6 heteroatoms. The second-order valence-corrected chi connectivity index (χ2v) is 5.13. The van der Waals surface area contributed by atoms with Gasteiger partial charge in [-0.1, -0.05) is 11.6 Å². The standard InChI is InChI=1S/C16H13ClFN3O/c1-22-15-7-11(10-21-6-2-5-20-21)9-19-16(15)12-3-4-14(18)13(17)8-12/h2-9H,10H2,1H3. The van der Waals surface area contributed by atoms with Crippen LogP contribution in [0.4, 0.5) is 4.39 Å². The number of halogens is 2. The molecule has 2 aromatic heterocycles. The molecule has 3 rings (SSSR count). The van der Waals surface area contributed by atoms with Crippen molar-refractivity contribution in [2.45, 2.75) is 6.54 Å². The molecule has 4 nitrogen and oxygen atoms in total. The van der Waals surface area contributed by atoms with E-state index in [0.717, 1.165) is 5.56 Å². The van der Waals surface area contributed by atoms with E-state index in [2.05, 4.69) is 10.1 Å². The van der Waals surface area contributed by atoms with Crippen LogP contribution in [-0.2, 0) is 6.54 Å². The van der Waals surface area contributed by atoms with E-state index in [4.69, 9.17) is 16.3 Å². The van der Waals surface area contributed by atoms with E-state index < -0.39 is 5.82 Å². The Balaban J connectivity index is 1.96. The van der Waals surface area contributed by atoms with Crippen molar-refractivity contribution in [2.75, 3.05) is 7.11 Å². The first-order valence-corrected chi connectivity index (χ1v) is 7.01. The number of nitrogens with zero attached hydrogens (tertiary/aromatic N) is 3. The van der Waals surface area contributed by atoms with Gasteiger partial charge in [-0.15, -0.1) is 0 Å². The quantitative estimate of drug-likeness (QED) is 0.735. The van der Waals surface area contributed by atoms with Crippen molar-refractivity contribution >= 4 is 11.6 Å². The summed E-state index contributed by atoms with van der Waals surface area (Å²) in [7, 11) is 1.57. The van der Waals surface area contributed by atoms with Gasteiger partial charge in [-0.3, -0.25) is 9.67 Å². The maximum absolute atomic E-state index is 13.3. The molecule has 22 heavy (non-hydrogen) atoms. The Morgan fingerprint density at radius 1 is 1.32 bits per heavy atom. The fourth-order valence-corrected chi connectivity index (χ4v) is 2.35. The molecular formula is C16H13ClFN3O. The van der Waals surface area contributed by atoms with Gasteiger partial charge in [0.2, 0.25) is 0 Å². The molecule has 0 aliphatic carbocycles. The minimum atomic E-state index is -0.459. The molecule has 1 aromatic carbocycles. The Labute approximate surface area is 132 Å². The van der Waals surface area contributed by atoms with Gasteiger partial charge in [-0.25, -0.2) is 4.39 Å². The van der Waals surface area contributed by atoms with E-state index in [0.29, 0.717) is 23.6 Å². The van der Waals surface area contributed by atoms with Crippen LogP contribution in [0, 0.1) is 5.82 Å². The largest absolute Gasteiger partial charge is 0.494 e. The number of pyridine rings is 1. The van der Waals surface area contributed by atoms with E-state index in [-0.39, 0.29) is 5.02 Å². The normalized spacial score (nSPS) is 10.7. The van der Waals surface area contributed by atoms with Gasteiger partial charge in [0.15, 0.2) is 0 Å². The molecule has 0 unspecified atom stereocenters. The van der Waals surface area contributed by atoms with Gasteiger partial charge in [-0.2, -0.15) is 5.10 Å². The summed E-state index contributed by atoms with van der Waals surface area (Å²) in [4.78, 5) is 4.42. The van der Waals surface area contributed by atoms with E-state index in [1.807, 2.05) is 18.3 Å². The molecule has 112 valence electrons. The number of methoxy groups -OCH3 is 1. The summed E-state index contributed by atoms with van der Waals surface area (Å²) in [5.74, 6) is 0.145. The van der Waals surface area contributed by atoms with Crippen molar-refractivity contribution in [1.29, 1.82) is 0 Å². The molecule has 0 radical (unpaired) electrons. The molecule has 0 N–H and O–H groups in total. The number of aromatic nitrogens is 3. The molecule has 2 heterocycles. The second-order valence-electron chi connectivity index (χ2n) is 4.73. The summed E-state index contributed by atoms with van der Waals surface area (Å²) < 4.78 is 20.5. The highest BCUT2D eigenvalue weighted by molar-refractivity contribution is 6.31. The Bertz CT molecular complexity index is 790. The van der Waals surface area contributed by atoms with Gasteiger partial charge < -0.3 is 4.74 Å². The molecule has 0 atom stereocenters. The van der Waals surface area contributed by atoms with Crippen molar-refractivity contribution in [2.24, 2.45) is 0 Å². The average molecular weight is 318 g/mol. The highest BCUT2D eigenvalue weighted by Crippen LogP contribution is 2.31. The first-order chi connectivity index (χ1) is 10.7. The molecule has 0 saturated heterocycles. The first-order valence-electron chi connectivity index (χ1n) is 6.63. The van der Waals surface area contributed by atoms with Crippen LogP contribution in [0.25, 0.3) is 11.3 Å². The third-order valence-electron chi connectivity index (χ3n) is 3.23. The van der Waals surface area contributed by atoms with Crippen molar-refractivity contribution in [3.8, 4) is 17.0 Å². The van der Waals surface area contributed by atoms with Crippen molar-refractivity contribution < 1.29 is 9.13 Å². The predicted molar refractivity (Wildman–Crippen MR) is 82.5 cm³/mol. The Morgan fingerprint density at radius 3 is 2.86 bits per heavy atom. The van der Waals surface area contributed by atoms with Crippen LogP contribution in [0.5, 0.6) is 5.75 Å². The summed E-state index contributed by atoms with van der Waals surface area (Å²) >= 11 is 5.83. The molecule has 0 bridgehead atoms. The topological polar surface area (TPSA) is 39.9 Å². The summed E-state index contributed by atoms with van der Waals surface area (Å²) in [5.41, 5.74) is 2.28. The van der Waals surface area contributed by atoms with Gasteiger partial charge in [0, 0.05) is 24.2 Å². The fraction of sp³-hybridized carbons (Fsp3) is 0.125. The van der Waals surface area contributed by atoms with Gasteiger partial charge >= 0.3 is 0 Å². The Kier molecular flexibility index (Phi) is 4.06. The minimum absolute atomic E-state index is 0.0574. The van der Waals surface area contributed by atoms with E-state index in [1.54, 1.807) is 30.3 Å². The highest BCUT2D eigenvalue weighted by Gasteiger charge is 2.11. The molecule has 0 fully saturated rings. The van der Waals surface area contributed by atoms with Crippen molar-refractivity contribution in [1.82, 2.24) is 14.8 Å². The highest BCUT2D eigenvalue weighted by atomic mass is 35.5. The van der Waals surface area contributed by atoms with Gasteiger partial charge in [-0.05, 0) is 35.9 Å². The Morgan fingerprint density at radius 2 is 2.18 bits per heavy atom. The van der Waals surface area contributed by atoms with Crippen molar-refractivity contribution in [3.05, 3.63) is 65.3 Å². The molecule has 0 spiro atoms. The molecule has 0 aliphatic heterocycles. The maximum atomic E-state index is 13.3. The maximum Gasteiger partial charge on any atom is 0.145 e. The van der Waals surface area contributed by atoms with Crippen LogP contribution in [0.2, 0.25) is 5.02 Å². The van der Waals surface area contributed by atoms with E-state index in [9.17, 15) is 4.39 Å². The summed E-state index contributed by atoms with van der Waals surface area (Å²) in [6.07, 6.45) is 5.34. The number of hydrogen-bond acceptors (Lipinski definition) is 3. The zero-order valence-electron chi connectivity index (χ0n) is 11.8.